The van der Waals surface area contributed by atoms with E-state index in [9.17, 15) is 0 Å². The summed E-state index contributed by atoms with van der Waals surface area (Å²) in [6.45, 7) is 36.0. The van der Waals surface area contributed by atoms with Gasteiger partial charge in [0.25, 0.3) is 0 Å². The van der Waals surface area contributed by atoms with Gasteiger partial charge in [-0.15, -0.1) is 22.7 Å². The molecule has 0 bridgehead atoms. The number of H-pyrrole nitrogens is 1. The highest BCUT2D eigenvalue weighted by atomic mass is 32.1. The van der Waals surface area contributed by atoms with E-state index in [2.05, 4.69) is 261 Å². The lowest BCUT2D eigenvalue weighted by Gasteiger charge is -2.29. The van der Waals surface area contributed by atoms with E-state index in [1.807, 2.05) is 70.7 Å². The third-order valence-electron chi connectivity index (χ3n) is 29.1. The average Bonchev–Trinajstić information content (AvgIpc) is 1.71. The Morgan fingerprint density at radius 3 is 1.22 bits per heavy atom. The number of thiazole rings is 2. The minimum Gasteiger partial charge on any atom is -0.449 e. The van der Waals surface area contributed by atoms with Crippen LogP contribution in [0.2, 0.25) is 0 Å². The van der Waals surface area contributed by atoms with Crippen molar-refractivity contribution < 1.29 is 8.94 Å². The van der Waals surface area contributed by atoms with E-state index in [1.165, 1.54) is 308 Å². The number of hydrogen-bond donors (Lipinski definition) is 1. The number of aromatic nitrogens is 17. The SMILES string of the molecule is CCc1cnn(C)c1C1CCN(C)CC1.CCn1ncc(C)c1C1CCN(C)CC1.CN1CCC(c2ccn(C)n2)CC1.CN1CCC(c2ccon2)CC1.CN1CCC(c2cscn2)CC1.CN1CCC(c2ncco2)CC1.CN1CCC(c2nccs2)CC1.CN1CCC(c2ncn[nH]2)CC1.Cc1cn(C)nc1C1CCN(C)CC1.Cc1cnn(C)c1C1CCN(C)CC1. The van der Waals surface area contributed by atoms with Crippen LogP contribution in [0.15, 0.2) is 99.6 Å². The minimum absolute atomic E-state index is 0.552. The van der Waals surface area contributed by atoms with Gasteiger partial charge in [0.2, 0.25) is 0 Å². The molecule has 726 valence electrons. The second kappa shape index (κ2) is 54.3. The Morgan fingerprint density at radius 2 is 0.824 bits per heavy atom. The summed E-state index contributed by atoms with van der Waals surface area (Å²) >= 11 is 3.51. The molecule has 10 aliphatic heterocycles. The van der Waals surface area contributed by atoms with E-state index >= 15 is 0 Å². The van der Waals surface area contributed by atoms with E-state index in [4.69, 9.17) is 8.94 Å². The molecule has 0 aromatic carbocycles. The maximum absolute atomic E-state index is 5.28. The van der Waals surface area contributed by atoms with Crippen LogP contribution in [-0.4, -0.2) is 335 Å². The van der Waals surface area contributed by atoms with E-state index in [0.717, 1.165) is 73.1 Å². The molecule has 29 nitrogen and oxygen atoms in total. The fraction of sp³-hybridized carbons (Fsp3) is 0.710. The van der Waals surface area contributed by atoms with E-state index in [1.54, 1.807) is 47.7 Å². The van der Waals surface area contributed by atoms with Crippen LogP contribution in [0, 0.1) is 20.8 Å². The molecule has 0 radical (unpaired) electrons. The van der Waals surface area contributed by atoms with Crippen LogP contribution >= 0.6 is 22.7 Å². The third kappa shape index (κ3) is 33.2. The lowest BCUT2D eigenvalue weighted by Crippen LogP contribution is -2.30. The van der Waals surface area contributed by atoms with Crippen molar-refractivity contribution in [3.63, 3.8) is 0 Å². The quantitative estimate of drug-likeness (QED) is 0.120. The van der Waals surface area contributed by atoms with Crippen molar-refractivity contribution in [2.75, 3.05) is 201 Å². The number of nitrogens with one attached hydrogen (secondary N) is 1. The molecule has 10 fully saturated rings. The number of likely N-dealkylation sites (tertiary alicyclic amines) is 10. The standard InChI is InChI=1S/2C12H21N3.2C11H19N3.C10H17N3.2C9H14N2O.2C9H14N2S.C8H14N4/c1-4-10-9-13-15(3)12(10)11-5-7-14(2)8-6-11;1-4-15-12(10(2)9-13-15)11-5-7-14(3)8-6-11;1-9-8-14(3)12-11(9)10-4-6-13(2)7-5-10;1-9-8-12-14(3)11(9)10-4-6-13(2)7-5-10;1-12-6-3-9(4-7-12)10-5-8-13(2)11-10;1-11-5-2-8(3-6-11)9-10-4-7-12-9;1-11-5-2-8(3-6-11)9-4-7-12-10-9;1-11-5-2-8(3-6-11)9-10-4-7-12-9;1-11-4-2-8(3-5-11)9-6-12-7-10-9;1-12-4-2-7(3-5-12)8-9-6-10-11-8/h2*9,11H,4-8H2,1-3H3;2*8,10H,4-7H2,1-3H3;5,8-9H,3-4,6-7H2,1-2H3;3*4,7-8H,2-3,5-6H2,1H3;6-8H,2-5H2,1H3;6-7H,2-5H2,1H3,(H,9,10,11). The van der Waals surface area contributed by atoms with Crippen LogP contribution in [0.5, 0.6) is 0 Å². The number of nitrogens with zero attached hydrogens (tertiary/aromatic N) is 26. The molecule has 10 aromatic rings. The second-order valence-corrected chi connectivity index (χ2v) is 41.1. The maximum Gasteiger partial charge on any atom is 0.197 e. The molecule has 20 rings (SSSR count). The number of piperidine rings is 10. The van der Waals surface area contributed by atoms with Crippen LogP contribution in [0.1, 0.15) is 280 Å². The molecule has 10 aliphatic rings. The number of hydrogen-bond acceptors (Lipinski definition) is 25. The monoisotopic (exact) mass is 1840 g/mol. The Labute approximate surface area is 794 Å². The average molecular weight is 1840 g/mol. The first kappa shape index (κ1) is 104. The Kier molecular flexibility index (Phi) is 43.1. The predicted octanol–water partition coefficient (Wildman–Crippen LogP) is 15.6. The first-order valence-corrected chi connectivity index (χ1v) is 51.5. The molecule has 20 heterocycles. The largest absolute Gasteiger partial charge is 0.449 e. The van der Waals surface area contributed by atoms with Crippen LogP contribution < -0.4 is 0 Å². The van der Waals surface area contributed by atoms with Crippen molar-refractivity contribution in [2.24, 2.45) is 28.2 Å². The smallest absolute Gasteiger partial charge is 0.197 e. The zero-order chi connectivity index (χ0) is 93.1. The summed E-state index contributed by atoms with van der Waals surface area (Å²) < 4.78 is 20.2. The Balaban J connectivity index is 0.000000141. The van der Waals surface area contributed by atoms with Gasteiger partial charge in [0.1, 0.15) is 24.7 Å². The maximum atomic E-state index is 5.28. The highest BCUT2D eigenvalue weighted by Gasteiger charge is 2.30. The topological polar surface area (TPSA) is 241 Å². The first-order valence-electron chi connectivity index (χ1n) is 49.6. The molecule has 1 N–H and O–H groups in total. The number of aryl methyl sites for hydroxylation is 9. The summed E-state index contributed by atoms with van der Waals surface area (Å²) in [7, 11) is 30.0. The highest BCUT2D eigenvalue weighted by molar-refractivity contribution is 7.09. The fourth-order valence-electron chi connectivity index (χ4n) is 20.4. The van der Waals surface area contributed by atoms with E-state index < -0.39 is 0 Å². The Hall–Kier alpha value is -7.53. The second-order valence-electron chi connectivity index (χ2n) is 39.4. The number of oxazole rings is 1. The molecular weight excluding hydrogens is 1680 g/mol. The van der Waals surface area contributed by atoms with Gasteiger partial charge in [-0.3, -0.25) is 28.5 Å². The van der Waals surface area contributed by atoms with Crippen LogP contribution in [-0.2, 0) is 41.2 Å². The van der Waals surface area contributed by atoms with Gasteiger partial charge in [-0.1, -0.05) is 12.1 Å². The minimum atomic E-state index is 0.552. The molecule has 10 aromatic heterocycles. The molecule has 0 aliphatic carbocycles. The van der Waals surface area contributed by atoms with Crippen molar-refractivity contribution in [1.82, 2.24) is 133 Å². The van der Waals surface area contributed by atoms with Crippen LogP contribution in [0.4, 0.5) is 0 Å². The molecule has 0 atom stereocenters. The van der Waals surface area contributed by atoms with Crippen molar-refractivity contribution in [2.45, 2.75) is 235 Å². The molecule has 131 heavy (non-hydrogen) atoms. The number of rotatable bonds is 12. The van der Waals surface area contributed by atoms with Crippen LogP contribution in [0.3, 0.4) is 0 Å². The van der Waals surface area contributed by atoms with Gasteiger partial charge in [0, 0.05) is 146 Å². The summed E-state index contributed by atoms with van der Waals surface area (Å²) in [4.78, 5) is 41.0. The normalized spacial score (nSPS) is 20.7. The molecule has 0 amide bonds. The highest BCUT2D eigenvalue weighted by Crippen LogP contribution is 2.36. The lowest BCUT2D eigenvalue weighted by molar-refractivity contribution is 0.237. The van der Waals surface area contributed by atoms with Gasteiger partial charge in [0.05, 0.1) is 58.1 Å². The molecule has 0 saturated carbocycles. The van der Waals surface area contributed by atoms with Gasteiger partial charge in [-0.2, -0.15) is 30.6 Å². The fourth-order valence-corrected chi connectivity index (χ4v) is 21.8. The number of aromatic amines is 1. The van der Waals surface area contributed by atoms with Gasteiger partial charge in [-0.25, -0.2) is 19.9 Å². The van der Waals surface area contributed by atoms with Crippen molar-refractivity contribution in [3.05, 3.63) is 169 Å². The molecule has 0 spiro atoms. The van der Waals surface area contributed by atoms with Crippen molar-refractivity contribution >= 4 is 22.7 Å². The summed E-state index contributed by atoms with van der Waals surface area (Å²) in [5, 5.41) is 38.5. The van der Waals surface area contributed by atoms with Crippen molar-refractivity contribution in [1.29, 1.82) is 0 Å². The Morgan fingerprint density at radius 1 is 0.389 bits per heavy atom. The zero-order valence-corrected chi connectivity index (χ0v) is 85.5. The van der Waals surface area contributed by atoms with Gasteiger partial charge in [-0.05, 0) is 392 Å². The summed E-state index contributed by atoms with van der Waals surface area (Å²) in [5.41, 5.74) is 16.9. The molecular formula is C100H167N27O2S2. The summed E-state index contributed by atoms with van der Waals surface area (Å²) in [6.07, 6.45) is 44.8. The van der Waals surface area contributed by atoms with E-state index in [-0.39, 0.29) is 0 Å². The predicted molar refractivity (Wildman–Crippen MR) is 533 cm³/mol. The molecule has 10 saturated heterocycles. The van der Waals surface area contributed by atoms with E-state index in [0.29, 0.717) is 29.6 Å². The zero-order valence-electron chi connectivity index (χ0n) is 83.9. The lowest BCUT2D eigenvalue weighted by atomic mass is 9.91. The van der Waals surface area contributed by atoms with Gasteiger partial charge >= 0.3 is 0 Å². The Bertz CT molecular complexity index is 4200. The summed E-state index contributed by atoms with van der Waals surface area (Å²) in [6, 6.07) is 4.13. The van der Waals surface area contributed by atoms with Crippen LogP contribution in [0.25, 0.3) is 0 Å². The van der Waals surface area contributed by atoms with Gasteiger partial charge < -0.3 is 57.9 Å². The van der Waals surface area contributed by atoms with Gasteiger partial charge in [0.15, 0.2) is 5.89 Å². The molecule has 31 heteroatoms. The summed E-state index contributed by atoms with van der Waals surface area (Å²) in [5.74, 6) is 8.77. The molecule has 0 unspecified atom stereocenters. The first-order chi connectivity index (χ1) is 63.3. The third-order valence-corrected chi connectivity index (χ3v) is 30.6. The van der Waals surface area contributed by atoms with Crippen molar-refractivity contribution in [3.8, 4) is 0 Å².